The molecule has 0 saturated heterocycles. The number of fused-ring (bicyclic) bond motifs is 3. The number of hydrogen-bond donors (Lipinski definition) is 0. The zero-order chi connectivity index (χ0) is 16.2. The SMILES string of the molecule is CCCCN(CCCC)c1ccc2c(c1)Cc1cc(Br)ccc1-2. The van der Waals surface area contributed by atoms with E-state index in [4.69, 9.17) is 0 Å². The molecule has 1 nitrogen and oxygen atoms in total. The molecule has 0 unspecified atom stereocenters. The van der Waals surface area contributed by atoms with Crippen molar-refractivity contribution >= 4 is 21.6 Å². The molecule has 0 fully saturated rings. The molecule has 0 atom stereocenters. The largest absolute Gasteiger partial charge is 0.372 e. The van der Waals surface area contributed by atoms with Gasteiger partial charge in [-0.2, -0.15) is 0 Å². The Bertz CT molecular complexity index is 670. The van der Waals surface area contributed by atoms with E-state index in [2.05, 4.69) is 71.1 Å². The second-order valence-electron chi connectivity index (χ2n) is 6.51. The number of benzene rings is 2. The van der Waals surface area contributed by atoms with Gasteiger partial charge >= 0.3 is 0 Å². The molecule has 0 heterocycles. The van der Waals surface area contributed by atoms with Crippen LogP contribution >= 0.6 is 15.9 Å². The summed E-state index contributed by atoms with van der Waals surface area (Å²) in [6.07, 6.45) is 6.12. The number of nitrogens with zero attached hydrogens (tertiary/aromatic N) is 1. The molecule has 2 aromatic carbocycles. The lowest BCUT2D eigenvalue weighted by Gasteiger charge is -2.25. The van der Waals surface area contributed by atoms with Crippen LogP contribution in [-0.4, -0.2) is 13.1 Å². The molecule has 0 radical (unpaired) electrons. The van der Waals surface area contributed by atoms with E-state index in [0.29, 0.717) is 0 Å². The standard InChI is InChI=1S/C21H26BrN/c1-3-5-11-23(12-6-4-2)19-8-10-21-17(15-19)13-16-14-18(22)7-9-20(16)21/h7-10,14-15H,3-6,11-13H2,1-2H3. The summed E-state index contributed by atoms with van der Waals surface area (Å²) < 4.78 is 1.18. The third kappa shape index (κ3) is 3.63. The fraction of sp³-hybridized carbons (Fsp3) is 0.429. The van der Waals surface area contributed by atoms with E-state index in [1.807, 2.05) is 0 Å². The summed E-state index contributed by atoms with van der Waals surface area (Å²) in [4.78, 5) is 2.58. The quantitative estimate of drug-likeness (QED) is 0.462. The predicted octanol–water partition coefficient (Wildman–Crippen LogP) is 6.43. The molecule has 122 valence electrons. The van der Waals surface area contributed by atoms with E-state index in [-0.39, 0.29) is 0 Å². The molecule has 23 heavy (non-hydrogen) atoms. The maximum atomic E-state index is 3.60. The van der Waals surface area contributed by atoms with Crippen molar-refractivity contribution in [2.45, 2.75) is 46.0 Å². The topological polar surface area (TPSA) is 3.24 Å². The van der Waals surface area contributed by atoms with Crippen LogP contribution in [0.4, 0.5) is 5.69 Å². The summed E-state index contributed by atoms with van der Waals surface area (Å²) in [5, 5.41) is 0. The highest BCUT2D eigenvalue weighted by Crippen LogP contribution is 2.39. The highest BCUT2D eigenvalue weighted by atomic mass is 79.9. The van der Waals surface area contributed by atoms with E-state index in [0.717, 1.165) is 6.42 Å². The van der Waals surface area contributed by atoms with Crippen molar-refractivity contribution in [3.63, 3.8) is 0 Å². The summed E-state index contributed by atoms with van der Waals surface area (Å²) in [5.74, 6) is 0. The molecule has 2 aromatic rings. The molecule has 3 rings (SSSR count). The highest BCUT2D eigenvalue weighted by Gasteiger charge is 2.19. The van der Waals surface area contributed by atoms with Gasteiger partial charge in [0.05, 0.1) is 0 Å². The van der Waals surface area contributed by atoms with Gasteiger partial charge in [-0.3, -0.25) is 0 Å². The Labute approximate surface area is 148 Å². The number of hydrogen-bond acceptors (Lipinski definition) is 1. The normalized spacial score (nSPS) is 12.1. The van der Waals surface area contributed by atoms with E-state index >= 15 is 0 Å². The van der Waals surface area contributed by atoms with Crippen LogP contribution in [0.15, 0.2) is 40.9 Å². The number of anilines is 1. The van der Waals surface area contributed by atoms with E-state index in [1.165, 1.54) is 71.2 Å². The Morgan fingerprint density at radius 3 is 2.13 bits per heavy atom. The Morgan fingerprint density at radius 1 is 0.870 bits per heavy atom. The lowest BCUT2D eigenvalue weighted by Crippen LogP contribution is -2.25. The van der Waals surface area contributed by atoms with Gasteiger partial charge in [0.25, 0.3) is 0 Å². The van der Waals surface area contributed by atoms with Crippen LogP contribution in [-0.2, 0) is 6.42 Å². The second-order valence-corrected chi connectivity index (χ2v) is 7.43. The van der Waals surface area contributed by atoms with Gasteiger partial charge in [0.15, 0.2) is 0 Å². The first-order valence-corrected chi connectivity index (χ1v) is 9.69. The molecule has 1 aliphatic rings. The van der Waals surface area contributed by atoms with Gasteiger partial charge in [-0.05, 0) is 65.8 Å². The third-order valence-electron chi connectivity index (χ3n) is 4.76. The molecule has 0 bridgehead atoms. The Kier molecular flexibility index (Phi) is 5.42. The Morgan fingerprint density at radius 2 is 1.48 bits per heavy atom. The summed E-state index contributed by atoms with van der Waals surface area (Å²) >= 11 is 3.60. The van der Waals surface area contributed by atoms with Crippen molar-refractivity contribution in [1.82, 2.24) is 0 Å². The van der Waals surface area contributed by atoms with Crippen molar-refractivity contribution < 1.29 is 0 Å². The predicted molar refractivity (Wildman–Crippen MR) is 104 cm³/mol. The minimum absolute atomic E-state index is 1.06. The fourth-order valence-electron chi connectivity index (χ4n) is 3.43. The number of halogens is 1. The van der Waals surface area contributed by atoms with Crippen LogP contribution < -0.4 is 4.90 Å². The van der Waals surface area contributed by atoms with E-state index in [1.54, 1.807) is 0 Å². The van der Waals surface area contributed by atoms with Crippen molar-refractivity contribution in [2.75, 3.05) is 18.0 Å². The first kappa shape index (κ1) is 16.6. The maximum absolute atomic E-state index is 3.60. The van der Waals surface area contributed by atoms with Crippen molar-refractivity contribution in [3.05, 3.63) is 52.0 Å². The zero-order valence-electron chi connectivity index (χ0n) is 14.2. The van der Waals surface area contributed by atoms with Crippen LogP contribution in [0.1, 0.15) is 50.7 Å². The number of unbranched alkanes of at least 4 members (excludes halogenated alkanes) is 2. The van der Waals surface area contributed by atoms with Gasteiger partial charge in [0, 0.05) is 23.2 Å². The Hall–Kier alpha value is -1.28. The molecule has 0 aromatic heterocycles. The summed E-state index contributed by atoms with van der Waals surface area (Å²) in [6.45, 7) is 6.89. The average Bonchev–Trinajstić information content (AvgIpc) is 2.91. The maximum Gasteiger partial charge on any atom is 0.0369 e. The second kappa shape index (κ2) is 7.53. The van der Waals surface area contributed by atoms with Gasteiger partial charge in [0.2, 0.25) is 0 Å². The third-order valence-corrected chi connectivity index (χ3v) is 5.25. The van der Waals surface area contributed by atoms with Crippen LogP contribution in [0.25, 0.3) is 11.1 Å². The van der Waals surface area contributed by atoms with E-state index in [9.17, 15) is 0 Å². The molecule has 2 heteroatoms. The van der Waals surface area contributed by atoms with Gasteiger partial charge in [-0.25, -0.2) is 0 Å². The smallest absolute Gasteiger partial charge is 0.0369 e. The van der Waals surface area contributed by atoms with Crippen molar-refractivity contribution in [1.29, 1.82) is 0 Å². The lowest BCUT2D eigenvalue weighted by molar-refractivity contribution is 0.678. The molecule has 0 aliphatic heterocycles. The monoisotopic (exact) mass is 371 g/mol. The van der Waals surface area contributed by atoms with Crippen LogP contribution in [0.2, 0.25) is 0 Å². The summed E-state index contributed by atoms with van der Waals surface area (Å²) in [6, 6.07) is 13.7. The first-order valence-electron chi connectivity index (χ1n) is 8.89. The molecule has 0 spiro atoms. The molecule has 0 amide bonds. The van der Waals surface area contributed by atoms with Crippen LogP contribution in [0.5, 0.6) is 0 Å². The molecule has 1 aliphatic carbocycles. The molecule has 0 N–H and O–H groups in total. The molecular weight excluding hydrogens is 346 g/mol. The first-order chi connectivity index (χ1) is 11.2. The highest BCUT2D eigenvalue weighted by molar-refractivity contribution is 9.10. The minimum atomic E-state index is 1.06. The van der Waals surface area contributed by atoms with Gasteiger partial charge in [-0.15, -0.1) is 0 Å². The minimum Gasteiger partial charge on any atom is -0.372 e. The average molecular weight is 372 g/mol. The van der Waals surface area contributed by atoms with Gasteiger partial charge in [-0.1, -0.05) is 54.8 Å². The fourth-order valence-corrected chi connectivity index (χ4v) is 3.84. The number of rotatable bonds is 7. The van der Waals surface area contributed by atoms with Gasteiger partial charge in [0.1, 0.15) is 0 Å². The van der Waals surface area contributed by atoms with Crippen LogP contribution in [0, 0.1) is 0 Å². The lowest BCUT2D eigenvalue weighted by atomic mass is 10.0. The van der Waals surface area contributed by atoms with E-state index < -0.39 is 0 Å². The van der Waals surface area contributed by atoms with Crippen molar-refractivity contribution in [2.24, 2.45) is 0 Å². The van der Waals surface area contributed by atoms with Gasteiger partial charge < -0.3 is 4.90 Å². The molecular formula is C21H26BrN. The molecule has 0 saturated carbocycles. The summed E-state index contributed by atoms with van der Waals surface area (Å²) in [5.41, 5.74) is 7.15. The zero-order valence-corrected chi connectivity index (χ0v) is 15.8. The van der Waals surface area contributed by atoms with Crippen molar-refractivity contribution in [3.8, 4) is 11.1 Å². The Balaban J connectivity index is 1.86. The summed E-state index contributed by atoms with van der Waals surface area (Å²) in [7, 11) is 0. The van der Waals surface area contributed by atoms with Crippen LogP contribution in [0.3, 0.4) is 0 Å².